The first-order valence-electron chi connectivity index (χ1n) is 9.67. The van der Waals surface area contributed by atoms with Gasteiger partial charge in [-0.25, -0.2) is 0 Å². The van der Waals surface area contributed by atoms with Crippen LogP contribution >= 0.6 is 23.5 Å². The number of thioether (sulfide) groups is 2. The quantitative estimate of drug-likeness (QED) is 0.405. The fourth-order valence-electron chi connectivity index (χ4n) is 3.52. The highest BCUT2D eigenvalue weighted by Crippen LogP contribution is 2.51. The molecular formula is C23H23NO3S2. The van der Waals surface area contributed by atoms with Crippen molar-refractivity contribution in [1.29, 1.82) is 0 Å². The van der Waals surface area contributed by atoms with Crippen molar-refractivity contribution in [1.82, 2.24) is 5.32 Å². The Balaban J connectivity index is 1.48. The van der Waals surface area contributed by atoms with E-state index in [1.165, 1.54) is 0 Å². The van der Waals surface area contributed by atoms with E-state index in [2.05, 4.69) is 5.32 Å². The standard InChI is InChI=1S/C23H23NO3S2/c1-27-17-9-7-16(8-10-17)18-13-19(18)21(25)20(23-28-11-12-29-23)22(26)24-14-15-5-3-2-4-6-15/h2-10,18-19H,11-14H2,1H3,(H,24,26)/t18-,19-/m0/s1. The summed E-state index contributed by atoms with van der Waals surface area (Å²) < 4.78 is 6.09. The minimum absolute atomic E-state index is 0.0201. The molecular weight excluding hydrogens is 402 g/mol. The molecule has 0 unspecified atom stereocenters. The molecule has 0 bridgehead atoms. The number of hydrogen-bond acceptors (Lipinski definition) is 5. The van der Waals surface area contributed by atoms with E-state index in [9.17, 15) is 9.59 Å². The van der Waals surface area contributed by atoms with Gasteiger partial charge < -0.3 is 10.1 Å². The van der Waals surface area contributed by atoms with Gasteiger partial charge in [0.1, 0.15) is 11.3 Å². The van der Waals surface area contributed by atoms with Crippen LogP contribution in [0.2, 0.25) is 0 Å². The maximum Gasteiger partial charge on any atom is 0.256 e. The Kier molecular flexibility index (Phi) is 6.31. The zero-order valence-corrected chi connectivity index (χ0v) is 17.9. The lowest BCUT2D eigenvalue weighted by molar-refractivity contribution is -0.123. The summed E-state index contributed by atoms with van der Waals surface area (Å²) in [5, 5.41) is 2.95. The number of benzene rings is 2. The van der Waals surface area contributed by atoms with Crippen LogP contribution in [0.3, 0.4) is 0 Å². The van der Waals surface area contributed by atoms with Crippen LogP contribution in [0.25, 0.3) is 0 Å². The molecule has 1 N–H and O–H groups in total. The highest BCUT2D eigenvalue weighted by molar-refractivity contribution is 8.25. The summed E-state index contributed by atoms with van der Waals surface area (Å²) in [5.41, 5.74) is 2.51. The van der Waals surface area contributed by atoms with Gasteiger partial charge in [-0.05, 0) is 35.6 Å². The van der Waals surface area contributed by atoms with Gasteiger partial charge in [0.15, 0.2) is 5.78 Å². The predicted octanol–water partition coefficient (Wildman–Crippen LogP) is 4.38. The van der Waals surface area contributed by atoms with Crippen LogP contribution in [0.15, 0.2) is 64.4 Å². The average Bonchev–Trinajstić information content (AvgIpc) is 3.40. The number of hydrogen-bond donors (Lipinski definition) is 1. The third-order valence-corrected chi connectivity index (χ3v) is 7.91. The molecule has 0 radical (unpaired) electrons. The Labute approximate surface area is 179 Å². The summed E-state index contributed by atoms with van der Waals surface area (Å²) in [4.78, 5) is 26.3. The van der Waals surface area contributed by atoms with Crippen LogP contribution in [-0.2, 0) is 16.1 Å². The second kappa shape index (κ2) is 9.09. The normalized spacial score (nSPS) is 20.2. The summed E-state index contributed by atoms with van der Waals surface area (Å²) in [5.74, 6) is 2.48. The van der Waals surface area contributed by atoms with E-state index in [0.29, 0.717) is 12.1 Å². The third-order valence-electron chi connectivity index (χ3n) is 5.19. The average molecular weight is 426 g/mol. The number of ether oxygens (including phenoxy) is 1. The summed E-state index contributed by atoms with van der Waals surface area (Å²) in [7, 11) is 1.64. The van der Waals surface area contributed by atoms with Crippen molar-refractivity contribution in [2.75, 3.05) is 18.6 Å². The van der Waals surface area contributed by atoms with E-state index in [-0.39, 0.29) is 23.5 Å². The second-order valence-corrected chi connectivity index (χ2v) is 9.58. The minimum Gasteiger partial charge on any atom is -0.497 e. The summed E-state index contributed by atoms with van der Waals surface area (Å²) in [6.45, 7) is 0.422. The molecule has 29 heavy (non-hydrogen) atoms. The largest absolute Gasteiger partial charge is 0.497 e. The van der Waals surface area contributed by atoms with Crippen molar-refractivity contribution in [3.63, 3.8) is 0 Å². The molecule has 2 fully saturated rings. The lowest BCUT2D eigenvalue weighted by atomic mass is 10.0. The van der Waals surface area contributed by atoms with E-state index in [1.54, 1.807) is 30.6 Å². The molecule has 1 saturated carbocycles. The van der Waals surface area contributed by atoms with Crippen molar-refractivity contribution < 1.29 is 14.3 Å². The Bertz CT molecular complexity index is 917. The van der Waals surface area contributed by atoms with Gasteiger partial charge in [-0.3, -0.25) is 9.59 Å². The van der Waals surface area contributed by atoms with Crippen LogP contribution in [0.1, 0.15) is 23.5 Å². The van der Waals surface area contributed by atoms with Gasteiger partial charge in [0.25, 0.3) is 5.91 Å². The fourth-order valence-corrected chi connectivity index (χ4v) is 6.06. The maximum absolute atomic E-state index is 13.3. The molecule has 4 rings (SSSR count). The molecule has 1 aliphatic carbocycles. The van der Waals surface area contributed by atoms with Crippen molar-refractivity contribution in [2.24, 2.45) is 5.92 Å². The van der Waals surface area contributed by atoms with Gasteiger partial charge in [-0.2, -0.15) is 0 Å². The number of nitrogens with one attached hydrogen (secondary N) is 1. The molecule has 1 aliphatic heterocycles. The second-order valence-electron chi connectivity index (χ2n) is 7.11. The number of ketones is 1. The van der Waals surface area contributed by atoms with Gasteiger partial charge in [0.2, 0.25) is 0 Å². The van der Waals surface area contributed by atoms with Crippen molar-refractivity contribution in [2.45, 2.75) is 18.9 Å². The molecule has 0 aromatic heterocycles. The summed E-state index contributed by atoms with van der Waals surface area (Å²) in [6, 6.07) is 17.6. The van der Waals surface area contributed by atoms with Gasteiger partial charge in [0.05, 0.1) is 11.3 Å². The van der Waals surface area contributed by atoms with Crippen molar-refractivity contribution in [3.8, 4) is 5.75 Å². The molecule has 2 aromatic carbocycles. The first-order chi connectivity index (χ1) is 14.2. The van der Waals surface area contributed by atoms with Gasteiger partial charge in [0, 0.05) is 24.0 Å². The summed E-state index contributed by atoms with van der Waals surface area (Å²) >= 11 is 3.24. The number of Topliss-reactive ketones (excluding diaryl/α,β-unsaturated/α-hetero) is 1. The first-order valence-corrected chi connectivity index (χ1v) is 11.6. The van der Waals surface area contributed by atoms with Gasteiger partial charge in [-0.15, -0.1) is 23.5 Å². The highest BCUT2D eigenvalue weighted by atomic mass is 32.2. The lowest BCUT2D eigenvalue weighted by Gasteiger charge is -2.11. The van der Waals surface area contributed by atoms with E-state index >= 15 is 0 Å². The molecule has 150 valence electrons. The number of carbonyl (C=O) groups excluding carboxylic acids is 2. The molecule has 2 aromatic rings. The SMILES string of the molecule is COc1ccc([C@@H]2C[C@@H]2C(=O)C(C(=O)NCc2ccccc2)=C2SCCS2)cc1. The highest BCUT2D eigenvalue weighted by Gasteiger charge is 2.46. The molecule has 6 heteroatoms. The Morgan fingerprint density at radius 3 is 2.38 bits per heavy atom. The van der Waals surface area contributed by atoms with Crippen LogP contribution in [0.5, 0.6) is 5.75 Å². The molecule has 2 aliphatic rings. The van der Waals surface area contributed by atoms with Crippen LogP contribution in [-0.4, -0.2) is 30.3 Å². The number of rotatable bonds is 7. The molecule has 0 spiro atoms. The van der Waals surface area contributed by atoms with Crippen molar-refractivity contribution >= 4 is 35.2 Å². The lowest BCUT2D eigenvalue weighted by Crippen LogP contribution is -2.29. The van der Waals surface area contributed by atoms with E-state index in [1.807, 2.05) is 54.6 Å². The third kappa shape index (κ3) is 4.70. The van der Waals surface area contributed by atoms with E-state index in [4.69, 9.17) is 4.74 Å². The maximum atomic E-state index is 13.3. The Morgan fingerprint density at radius 2 is 1.72 bits per heavy atom. The topological polar surface area (TPSA) is 55.4 Å². The van der Waals surface area contributed by atoms with Crippen LogP contribution in [0, 0.1) is 5.92 Å². The van der Waals surface area contributed by atoms with Crippen molar-refractivity contribution in [3.05, 3.63) is 75.5 Å². The smallest absolute Gasteiger partial charge is 0.256 e. The number of amides is 1. The predicted molar refractivity (Wildman–Crippen MR) is 119 cm³/mol. The van der Waals surface area contributed by atoms with Gasteiger partial charge in [-0.1, -0.05) is 42.5 Å². The number of methoxy groups -OCH3 is 1. The Hall–Kier alpha value is -2.18. The first kappa shape index (κ1) is 20.1. The van der Waals surface area contributed by atoms with E-state index in [0.717, 1.165) is 39.0 Å². The molecule has 1 heterocycles. The fraction of sp³-hybridized carbons (Fsp3) is 0.304. The Morgan fingerprint density at radius 1 is 1.03 bits per heavy atom. The number of carbonyl (C=O) groups is 2. The molecule has 1 saturated heterocycles. The zero-order chi connectivity index (χ0) is 20.2. The van der Waals surface area contributed by atoms with Crippen LogP contribution in [0.4, 0.5) is 0 Å². The summed E-state index contributed by atoms with van der Waals surface area (Å²) in [6.07, 6.45) is 0.795. The zero-order valence-electron chi connectivity index (χ0n) is 16.2. The minimum atomic E-state index is -0.254. The monoisotopic (exact) mass is 425 g/mol. The molecule has 1 amide bonds. The van der Waals surface area contributed by atoms with E-state index < -0.39 is 0 Å². The van der Waals surface area contributed by atoms with Gasteiger partial charge >= 0.3 is 0 Å². The molecule has 4 nitrogen and oxygen atoms in total. The van der Waals surface area contributed by atoms with Crippen LogP contribution < -0.4 is 10.1 Å². The molecule has 2 atom stereocenters.